The Morgan fingerprint density at radius 3 is 2.23 bits per heavy atom. The van der Waals surface area contributed by atoms with E-state index in [1.165, 1.54) is 12.0 Å². The molecule has 1 aliphatic heterocycles. The predicted octanol–water partition coefficient (Wildman–Crippen LogP) is 5.83. The molecule has 0 radical (unpaired) electrons. The van der Waals surface area contributed by atoms with E-state index >= 15 is 0 Å². The zero-order valence-corrected chi connectivity index (χ0v) is 22.8. The maximum Gasteiger partial charge on any atom is 0.300 e. The molecule has 39 heavy (non-hydrogen) atoms. The van der Waals surface area contributed by atoms with Gasteiger partial charge in [-0.15, -0.1) is 0 Å². The van der Waals surface area contributed by atoms with E-state index in [0.717, 1.165) is 5.56 Å². The van der Waals surface area contributed by atoms with Crippen LogP contribution in [0.3, 0.4) is 0 Å². The van der Waals surface area contributed by atoms with Crippen molar-refractivity contribution in [2.45, 2.75) is 33.7 Å². The van der Waals surface area contributed by atoms with Gasteiger partial charge in [-0.05, 0) is 75.2 Å². The first kappa shape index (κ1) is 27.6. The van der Waals surface area contributed by atoms with E-state index in [-0.39, 0.29) is 16.9 Å². The fraction of sp³-hybridized carbons (Fsp3) is 0.290. The maximum atomic E-state index is 13.6. The third kappa shape index (κ3) is 5.41. The van der Waals surface area contributed by atoms with Gasteiger partial charge in [0.1, 0.15) is 17.3 Å². The van der Waals surface area contributed by atoms with Gasteiger partial charge >= 0.3 is 0 Å². The number of aryl methyl sites for hydroxylation is 1. The summed E-state index contributed by atoms with van der Waals surface area (Å²) in [5.41, 5.74) is 2.26. The van der Waals surface area contributed by atoms with Crippen LogP contribution < -0.4 is 23.8 Å². The number of benzene rings is 3. The topological polar surface area (TPSA) is 94.5 Å². The van der Waals surface area contributed by atoms with E-state index < -0.39 is 17.7 Å². The quantitative estimate of drug-likeness (QED) is 0.200. The van der Waals surface area contributed by atoms with E-state index in [1.807, 2.05) is 45.9 Å². The van der Waals surface area contributed by atoms with Gasteiger partial charge in [-0.25, -0.2) is 0 Å². The van der Waals surface area contributed by atoms with Crippen molar-refractivity contribution in [3.05, 3.63) is 82.9 Å². The average Bonchev–Trinajstić information content (AvgIpc) is 3.19. The number of carbonyl (C=O) groups excluding carboxylic acids is 2. The van der Waals surface area contributed by atoms with Crippen molar-refractivity contribution in [3.63, 3.8) is 0 Å². The maximum absolute atomic E-state index is 13.6. The Morgan fingerprint density at radius 1 is 0.846 bits per heavy atom. The number of ether oxygens (including phenoxy) is 4. The molecular weight excluding hydrogens is 498 g/mol. The molecule has 0 aromatic heterocycles. The number of Topliss-reactive ketones (excluding diaryl/α,β-unsaturated/α-hetero) is 1. The van der Waals surface area contributed by atoms with Crippen molar-refractivity contribution < 1.29 is 33.6 Å². The fourth-order valence-corrected chi connectivity index (χ4v) is 4.70. The Bertz CT molecular complexity index is 1410. The Labute approximate surface area is 228 Å². The van der Waals surface area contributed by atoms with E-state index in [4.69, 9.17) is 18.9 Å². The van der Waals surface area contributed by atoms with Crippen LogP contribution in [0, 0.1) is 6.92 Å². The molecule has 1 heterocycles. The van der Waals surface area contributed by atoms with Crippen LogP contribution in [-0.2, 0) is 9.59 Å². The lowest BCUT2D eigenvalue weighted by Gasteiger charge is -2.26. The van der Waals surface area contributed by atoms with E-state index in [1.54, 1.807) is 42.5 Å². The third-order valence-corrected chi connectivity index (χ3v) is 6.35. The summed E-state index contributed by atoms with van der Waals surface area (Å²) in [7, 11) is 1.54. The molecule has 0 saturated carbocycles. The van der Waals surface area contributed by atoms with Crippen molar-refractivity contribution in [1.82, 2.24) is 0 Å². The van der Waals surface area contributed by atoms with Gasteiger partial charge in [-0.3, -0.25) is 14.5 Å². The van der Waals surface area contributed by atoms with Crippen LogP contribution >= 0.6 is 0 Å². The first-order chi connectivity index (χ1) is 18.8. The normalized spacial score (nSPS) is 16.3. The van der Waals surface area contributed by atoms with E-state index in [0.29, 0.717) is 54.1 Å². The molecule has 3 aromatic carbocycles. The number of aliphatic hydroxyl groups excluding tert-OH is 1. The van der Waals surface area contributed by atoms with Gasteiger partial charge in [0.2, 0.25) is 0 Å². The lowest BCUT2D eigenvalue weighted by atomic mass is 9.94. The molecule has 3 aromatic rings. The van der Waals surface area contributed by atoms with E-state index in [9.17, 15) is 14.7 Å². The lowest BCUT2D eigenvalue weighted by Crippen LogP contribution is -2.29. The fourth-order valence-electron chi connectivity index (χ4n) is 4.70. The largest absolute Gasteiger partial charge is 0.507 e. The smallest absolute Gasteiger partial charge is 0.300 e. The Balaban J connectivity index is 1.98. The van der Waals surface area contributed by atoms with E-state index in [2.05, 4.69) is 0 Å². The first-order valence-corrected chi connectivity index (χ1v) is 12.9. The second-order valence-corrected chi connectivity index (χ2v) is 8.88. The third-order valence-electron chi connectivity index (χ3n) is 6.35. The van der Waals surface area contributed by atoms with Crippen molar-refractivity contribution in [1.29, 1.82) is 0 Å². The molecule has 0 aliphatic carbocycles. The molecule has 1 unspecified atom stereocenters. The number of rotatable bonds is 10. The van der Waals surface area contributed by atoms with Gasteiger partial charge < -0.3 is 24.1 Å². The second-order valence-electron chi connectivity index (χ2n) is 8.88. The van der Waals surface area contributed by atoms with Crippen LogP contribution in [0.2, 0.25) is 0 Å². The molecule has 1 aliphatic rings. The SMILES string of the molecule is CCOc1ccc(/C(O)=C2\C(=O)C(=O)N(c3cccc(C)c3)C2c2ccc(OC)c(OCC)c2)c(OCC)c1. The molecule has 4 rings (SSSR count). The summed E-state index contributed by atoms with van der Waals surface area (Å²) >= 11 is 0. The highest BCUT2D eigenvalue weighted by Gasteiger charge is 2.47. The molecule has 1 saturated heterocycles. The lowest BCUT2D eigenvalue weighted by molar-refractivity contribution is -0.132. The van der Waals surface area contributed by atoms with Crippen molar-refractivity contribution in [2.24, 2.45) is 0 Å². The van der Waals surface area contributed by atoms with Crippen LogP contribution in [0.4, 0.5) is 5.69 Å². The Kier molecular flexibility index (Phi) is 8.44. The highest BCUT2D eigenvalue weighted by molar-refractivity contribution is 6.51. The van der Waals surface area contributed by atoms with Gasteiger partial charge in [0.05, 0.1) is 44.1 Å². The molecule has 1 N–H and O–H groups in total. The van der Waals surface area contributed by atoms with Crippen molar-refractivity contribution in [2.75, 3.05) is 31.8 Å². The minimum atomic E-state index is -0.932. The number of aliphatic hydroxyl groups is 1. The summed E-state index contributed by atoms with van der Waals surface area (Å²) in [6.45, 7) is 8.62. The molecule has 0 bridgehead atoms. The summed E-state index contributed by atoms with van der Waals surface area (Å²) in [5.74, 6) is -0.0126. The van der Waals surface area contributed by atoms with Gasteiger partial charge in [-0.2, -0.15) is 0 Å². The second kappa shape index (κ2) is 11.9. The zero-order chi connectivity index (χ0) is 28.1. The van der Waals surface area contributed by atoms with Gasteiger partial charge in [0, 0.05) is 11.8 Å². The van der Waals surface area contributed by atoms with Gasteiger partial charge in [0.15, 0.2) is 11.5 Å². The number of methoxy groups -OCH3 is 1. The first-order valence-electron chi connectivity index (χ1n) is 12.9. The summed E-state index contributed by atoms with van der Waals surface area (Å²) < 4.78 is 22.6. The highest BCUT2D eigenvalue weighted by Crippen LogP contribution is 2.45. The number of nitrogens with zero attached hydrogens (tertiary/aromatic N) is 1. The minimum Gasteiger partial charge on any atom is -0.507 e. The number of hydrogen-bond donors (Lipinski definition) is 1. The monoisotopic (exact) mass is 531 g/mol. The Hall–Kier alpha value is -4.46. The minimum absolute atomic E-state index is 0.0563. The zero-order valence-electron chi connectivity index (χ0n) is 22.8. The van der Waals surface area contributed by atoms with Gasteiger partial charge in [0.25, 0.3) is 11.7 Å². The number of hydrogen-bond acceptors (Lipinski definition) is 7. The molecule has 1 amide bonds. The van der Waals surface area contributed by atoms with Crippen LogP contribution in [0.1, 0.15) is 43.5 Å². The van der Waals surface area contributed by atoms with Crippen LogP contribution in [0.25, 0.3) is 5.76 Å². The molecule has 0 spiro atoms. The molecule has 1 atom stereocenters. The van der Waals surface area contributed by atoms with Crippen LogP contribution in [0.5, 0.6) is 23.0 Å². The molecule has 1 fully saturated rings. The number of anilines is 1. The summed E-state index contributed by atoms with van der Waals surface area (Å²) in [6, 6.07) is 16.6. The molecule has 204 valence electrons. The molecular formula is C31H33NO7. The van der Waals surface area contributed by atoms with Crippen LogP contribution in [-0.4, -0.2) is 43.7 Å². The summed E-state index contributed by atoms with van der Waals surface area (Å²) in [4.78, 5) is 28.6. The van der Waals surface area contributed by atoms with Gasteiger partial charge in [-0.1, -0.05) is 18.2 Å². The summed E-state index contributed by atoms with van der Waals surface area (Å²) in [6.07, 6.45) is 0. The number of amides is 1. The average molecular weight is 532 g/mol. The number of carbonyl (C=O) groups is 2. The molecule has 8 heteroatoms. The van der Waals surface area contributed by atoms with Crippen molar-refractivity contribution in [3.8, 4) is 23.0 Å². The molecule has 8 nitrogen and oxygen atoms in total. The standard InChI is InChI=1S/C31H33NO7/c1-6-37-22-13-14-23(25(18-22)38-7-2)29(33)27-28(20-12-15-24(36-5)26(17-20)39-8-3)32(31(35)30(27)34)21-11-9-10-19(4)16-21/h9-18,28,33H,6-8H2,1-5H3/b29-27+. The predicted molar refractivity (Wildman–Crippen MR) is 149 cm³/mol. The Morgan fingerprint density at radius 2 is 1.56 bits per heavy atom. The summed E-state index contributed by atoms with van der Waals surface area (Å²) in [5, 5.41) is 11.7. The van der Waals surface area contributed by atoms with Crippen LogP contribution in [0.15, 0.2) is 66.2 Å². The van der Waals surface area contributed by atoms with Crippen molar-refractivity contribution >= 4 is 23.1 Å². The highest BCUT2D eigenvalue weighted by atomic mass is 16.5. The number of ketones is 1.